The lowest BCUT2D eigenvalue weighted by molar-refractivity contribution is 1.35. The lowest BCUT2D eigenvalue weighted by atomic mass is 10.1. The van der Waals surface area contributed by atoms with E-state index in [0.717, 1.165) is 10.5 Å². The number of aryl methyl sites for hydroxylation is 1. The maximum Gasteiger partial charge on any atom is 0.0907 e. The molecule has 0 aliphatic rings. The molecular weight excluding hydrogens is 238 g/mol. The summed E-state index contributed by atoms with van der Waals surface area (Å²) in [4.78, 5) is 4.47. The van der Waals surface area contributed by atoms with Gasteiger partial charge in [0.05, 0.1) is 15.2 Å². The number of fused-ring (bicyclic) bond motifs is 1. The van der Waals surface area contributed by atoms with E-state index in [0.29, 0.717) is 0 Å². The monoisotopic (exact) mass is 251 g/mol. The van der Waals surface area contributed by atoms with Crippen LogP contribution in [0.3, 0.4) is 0 Å². The van der Waals surface area contributed by atoms with Crippen molar-refractivity contribution in [3.8, 4) is 0 Å². The van der Waals surface area contributed by atoms with Gasteiger partial charge in [0, 0.05) is 0 Å². The highest BCUT2D eigenvalue weighted by Gasteiger charge is 1.99. The van der Waals surface area contributed by atoms with E-state index in [2.05, 4.69) is 59.6 Å². The molecule has 0 amide bonds. The second kappa shape index (κ2) is 4.75. The first-order valence-electron chi connectivity index (χ1n) is 5.91. The lowest BCUT2D eigenvalue weighted by Crippen LogP contribution is -1.73. The van der Waals surface area contributed by atoms with E-state index >= 15 is 0 Å². The van der Waals surface area contributed by atoms with Gasteiger partial charge in [-0.25, -0.2) is 4.98 Å². The average molecular weight is 251 g/mol. The molecule has 0 N–H and O–H groups in total. The number of nitrogens with zero attached hydrogens (tertiary/aromatic N) is 1. The summed E-state index contributed by atoms with van der Waals surface area (Å²) in [5, 5.41) is 1.12. The minimum Gasteiger partial charge on any atom is -0.242 e. The summed E-state index contributed by atoms with van der Waals surface area (Å²) >= 11 is 1.74. The van der Waals surface area contributed by atoms with Gasteiger partial charge in [-0.2, -0.15) is 0 Å². The molecule has 0 saturated carbocycles. The van der Waals surface area contributed by atoms with Crippen molar-refractivity contribution in [2.24, 2.45) is 0 Å². The highest BCUT2D eigenvalue weighted by molar-refractivity contribution is 7.18. The molecule has 18 heavy (non-hydrogen) atoms. The fourth-order valence-corrected chi connectivity index (χ4v) is 2.79. The quantitative estimate of drug-likeness (QED) is 0.597. The Morgan fingerprint density at radius 3 is 2.56 bits per heavy atom. The minimum absolute atomic E-state index is 1.09. The largest absolute Gasteiger partial charge is 0.242 e. The fourth-order valence-electron chi connectivity index (χ4n) is 1.92. The zero-order valence-electron chi connectivity index (χ0n) is 10.1. The lowest BCUT2D eigenvalue weighted by Gasteiger charge is -1.94. The number of thiazole rings is 1. The van der Waals surface area contributed by atoms with Gasteiger partial charge >= 0.3 is 0 Å². The van der Waals surface area contributed by atoms with E-state index in [1.54, 1.807) is 11.3 Å². The molecule has 0 aliphatic heterocycles. The van der Waals surface area contributed by atoms with Gasteiger partial charge in [0.15, 0.2) is 0 Å². The second-order valence-electron chi connectivity index (χ2n) is 4.20. The second-order valence-corrected chi connectivity index (χ2v) is 5.44. The first-order valence-corrected chi connectivity index (χ1v) is 6.73. The Morgan fingerprint density at radius 2 is 1.72 bits per heavy atom. The van der Waals surface area contributed by atoms with E-state index in [-0.39, 0.29) is 0 Å². The van der Waals surface area contributed by atoms with Gasteiger partial charge in [-0.3, -0.25) is 0 Å². The SMILES string of the molecule is Cc1nc2ccc(/C=C/c3ccccc3)cc2s1. The zero-order valence-corrected chi connectivity index (χ0v) is 10.9. The molecular formula is C16H13NS. The van der Waals surface area contributed by atoms with Crippen molar-refractivity contribution in [1.82, 2.24) is 4.98 Å². The minimum atomic E-state index is 1.09. The van der Waals surface area contributed by atoms with Crippen molar-refractivity contribution in [3.05, 3.63) is 64.7 Å². The maximum atomic E-state index is 4.47. The molecule has 88 valence electrons. The van der Waals surface area contributed by atoms with Crippen LogP contribution in [-0.4, -0.2) is 4.98 Å². The fraction of sp³-hybridized carbons (Fsp3) is 0.0625. The smallest absolute Gasteiger partial charge is 0.0907 e. The van der Waals surface area contributed by atoms with Crippen LogP contribution in [0.4, 0.5) is 0 Å². The van der Waals surface area contributed by atoms with Gasteiger partial charge in [0.2, 0.25) is 0 Å². The van der Waals surface area contributed by atoms with Crippen LogP contribution in [0, 0.1) is 6.92 Å². The van der Waals surface area contributed by atoms with Crippen LogP contribution < -0.4 is 0 Å². The number of rotatable bonds is 2. The Hall–Kier alpha value is -1.93. The predicted octanol–water partition coefficient (Wildman–Crippen LogP) is 4.78. The van der Waals surface area contributed by atoms with E-state index in [1.165, 1.54) is 15.8 Å². The highest BCUT2D eigenvalue weighted by atomic mass is 32.1. The maximum absolute atomic E-state index is 4.47. The zero-order chi connectivity index (χ0) is 12.4. The van der Waals surface area contributed by atoms with Gasteiger partial charge < -0.3 is 0 Å². The number of hydrogen-bond acceptors (Lipinski definition) is 2. The molecule has 1 heterocycles. The van der Waals surface area contributed by atoms with Gasteiger partial charge in [0.25, 0.3) is 0 Å². The molecule has 0 fully saturated rings. The first-order chi connectivity index (χ1) is 8.81. The molecule has 0 saturated heterocycles. The van der Waals surface area contributed by atoms with E-state index in [1.807, 2.05) is 13.0 Å². The third-order valence-corrected chi connectivity index (χ3v) is 3.72. The average Bonchev–Trinajstić information content (AvgIpc) is 2.77. The predicted molar refractivity (Wildman–Crippen MR) is 79.7 cm³/mol. The molecule has 3 rings (SSSR count). The molecule has 0 bridgehead atoms. The topological polar surface area (TPSA) is 12.9 Å². The van der Waals surface area contributed by atoms with Crippen molar-refractivity contribution in [1.29, 1.82) is 0 Å². The third-order valence-electron chi connectivity index (χ3n) is 2.79. The summed E-state index contributed by atoms with van der Waals surface area (Å²) < 4.78 is 1.25. The summed E-state index contributed by atoms with van der Waals surface area (Å²) in [5.41, 5.74) is 3.53. The van der Waals surface area contributed by atoms with Crippen LogP contribution in [0.15, 0.2) is 48.5 Å². The number of aromatic nitrogens is 1. The van der Waals surface area contributed by atoms with Crippen LogP contribution >= 0.6 is 11.3 Å². The molecule has 0 spiro atoms. The Kier molecular flexibility index (Phi) is 2.95. The van der Waals surface area contributed by atoms with Crippen LogP contribution in [0.5, 0.6) is 0 Å². The normalized spacial score (nSPS) is 11.4. The molecule has 2 aromatic carbocycles. The van der Waals surface area contributed by atoms with Crippen LogP contribution in [0.25, 0.3) is 22.4 Å². The van der Waals surface area contributed by atoms with Crippen LogP contribution in [0.2, 0.25) is 0 Å². The van der Waals surface area contributed by atoms with Crippen molar-refractivity contribution < 1.29 is 0 Å². The van der Waals surface area contributed by atoms with Crippen molar-refractivity contribution in [2.45, 2.75) is 6.92 Å². The molecule has 0 unspecified atom stereocenters. The third kappa shape index (κ3) is 2.34. The van der Waals surface area contributed by atoms with Gasteiger partial charge in [-0.05, 0) is 30.2 Å². The molecule has 1 aromatic heterocycles. The summed E-state index contributed by atoms with van der Waals surface area (Å²) in [7, 11) is 0. The summed E-state index contributed by atoms with van der Waals surface area (Å²) in [6, 6.07) is 16.7. The summed E-state index contributed by atoms with van der Waals surface area (Å²) in [6.45, 7) is 2.05. The van der Waals surface area contributed by atoms with E-state index in [4.69, 9.17) is 0 Å². The van der Waals surface area contributed by atoms with E-state index < -0.39 is 0 Å². The Morgan fingerprint density at radius 1 is 0.944 bits per heavy atom. The summed E-state index contributed by atoms with van der Waals surface area (Å²) in [6.07, 6.45) is 4.28. The summed E-state index contributed by atoms with van der Waals surface area (Å²) in [5.74, 6) is 0. The molecule has 3 aromatic rings. The van der Waals surface area contributed by atoms with E-state index in [9.17, 15) is 0 Å². The Balaban J connectivity index is 1.93. The van der Waals surface area contributed by atoms with Crippen molar-refractivity contribution in [2.75, 3.05) is 0 Å². The van der Waals surface area contributed by atoms with Gasteiger partial charge in [-0.15, -0.1) is 11.3 Å². The highest BCUT2D eigenvalue weighted by Crippen LogP contribution is 2.23. The molecule has 2 heteroatoms. The van der Waals surface area contributed by atoms with Crippen LogP contribution in [-0.2, 0) is 0 Å². The van der Waals surface area contributed by atoms with Crippen molar-refractivity contribution in [3.63, 3.8) is 0 Å². The number of benzene rings is 2. The Labute approximate surface area is 110 Å². The van der Waals surface area contributed by atoms with Gasteiger partial charge in [0.1, 0.15) is 0 Å². The van der Waals surface area contributed by atoms with Crippen LogP contribution in [0.1, 0.15) is 16.1 Å². The molecule has 0 aliphatic carbocycles. The molecule has 0 atom stereocenters. The van der Waals surface area contributed by atoms with Gasteiger partial charge in [-0.1, -0.05) is 48.6 Å². The Bertz CT molecular complexity index is 695. The molecule has 1 nitrogen and oxygen atoms in total. The van der Waals surface area contributed by atoms with Crippen molar-refractivity contribution >= 4 is 33.7 Å². The standard InChI is InChI=1S/C16H13NS/c1-12-17-15-10-9-14(11-16(15)18-12)8-7-13-5-3-2-4-6-13/h2-11H,1H3/b8-7+. The molecule has 0 radical (unpaired) electrons. The first kappa shape index (κ1) is 11.2. The number of hydrogen-bond donors (Lipinski definition) is 0.